The molecular weight excluding hydrogens is 441 g/mol. The minimum atomic E-state index is -3.53. The van der Waals surface area contributed by atoms with Crippen LogP contribution in [0.4, 0.5) is 0 Å². The van der Waals surface area contributed by atoms with E-state index in [-0.39, 0.29) is 22.4 Å². The van der Waals surface area contributed by atoms with Crippen LogP contribution in [0, 0.1) is 16.7 Å². The van der Waals surface area contributed by atoms with Crippen molar-refractivity contribution in [2.24, 2.45) is 16.7 Å². The van der Waals surface area contributed by atoms with Gasteiger partial charge in [-0.2, -0.15) is 0 Å². The Labute approximate surface area is 188 Å². The van der Waals surface area contributed by atoms with Crippen molar-refractivity contribution in [3.8, 4) is 0 Å². The predicted molar refractivity (Wildman–Crippen MR) is 120 cm³/mol. The van der Waals surface area contributed by atoms with E-state index >= 15 is 0 Å². The normalized spacial score (nSPS) is 31.6. The molecular formula is C23H27Cl2NO3S. The Hall–Kier alpha value is -0.880. The summed E-state index contributed by atoms with van der Waals surface area (Å²) in [6.45, 7) is 5.04. The highest BCUT2D eigenvalue weighted by Crippen LogP contribution is 2.64. The van der Waals surface area contributed by atoms with E-state index in [1.807, 2.05) is 12.1 Å². The van der Waals surface area contributed by atoms with E-state index in [0.29, 0.717) is 54.7 Å². The van der Waals surface area contributed by atoms with Gasteiger partial charge in [0.1, 0.15) is 5.78 Å². The quantitative estimate of drug-likeness (QED) is 0.622. The number of hydrogen-bond acceptors (Lipinski definition) is 3. The summed E-state index contributed by atoms with van der Waals surface area (Å²) in [5, 5.41) is 1.36. The van der Waals surface area contributed by atoms with Crippen molar-refractivity contribution >= 4 is 45.1 Å². The zero-order chi connectivity index (χ0) is 21.5. The van der Waals surface area contributed by atoms with Crippen LogP contribution in [0.1, 0.15) is 57.1 Å². The van der Waals surface area contributed by atoms with Crippen molar-refractivity contribution in [2.45, 2.75) is 51.4 Å². The number of hydrogen-bond donors (Lipinski definition) is 0. The standard InChI is InChI=1S/C23H27Cl2NO3S/c1-21(2)15-5-8-23(21,19(27)13-15)14-30(28,29)26-11-9-22(10-12-26)7-6-16-17(24)3-4-18(25)20(16)22/h3-4,6-7,15H,5,8-14H2,1-2H3/t15-,23-/m1/s1. The minimum absolute atomic E-state index is 0.0473. The number of allylic oxidation sites excluding steroid dienone is 1. The van der Waals surface area contributed by atoms with E-state index < -0.39 is 15.4 Å². The summed E-state index contributed by atoms with van der Waals surface area (Å²) in [6, 6.07) is 3.63. The fraction of sp³-hybridized carbons (Fsp3) is 0.609. The molecule has 0 N–H and O–H groups in total. The van der Waals surface area contributed by atoms with Crippen molar-refractivity contribution in [2.75, 3.05) is 18.8 Å². The minimum Gasteiger partial charge on any atom is -0.299 e. The van der Waals surface area contributed by atoms with Gasteiger partial charge in [-0.05, 0) is 60.3 Å². The SMILES string of the molecule is CC1(C)[C@@H]2CC[C@@]1(CS(=O)(=O)N1CCC3(C=Cc4c(Cl)ccc(Cl)c43)CC1)C(=O)C2. The summed E-state index contributed by atoms with van der Waals surface area (Å²) in [5.41, 5.74) is 0.754. The predicted octanol–water partition coefficient (Wildman–Crippen LogP) is 5.08. The van der Waals surface area contributed by atoms with Crippen molar-refractivity contribution in [3.63, 3.8) is 0 Å². The number of carbonyl (C=O) groups is 1. The molecule has 1 aromatic carbocycles. The number of nitrogens with zero attached hydrogens (tertiary/aromatic N) is 1. The van der Waals surface area contributed by atoms with Crippen LogP contribution in [-0.4, -0.2) is 37.3 Å². The topological polar surface area (TPSA) is 54.5 Å². The first-order chi connectivity index (χ1) is 14.0. The molecule has 0 unspecified atom stereocenters. The van der Waals surface area contributed by atoms with Gasteiger partial charge in [0.25, 0.3) is 0 Å². The molecule has 30 heavy (non-hydrogen) atoms. The monoisotopic (exact) mass is 467 g/mol. The molecule has 2 bridgehead atoms. The average Bonchev–Trinajstić information content (AvgIpc) is 3.22. The number of fused-ring (bicyclic) bond motifs is 4. The van der Waals surface area contributed by atoms with Gasteiger partial charge in [-0.15, -0.1) is 0 Å². The van der Waals surface area contributed by atoms with Gasteiger partial charge >= 0.3 is 0 Å². The van der Waals surface area contributed by atoms with E-state index in [1.54, 1.807) is 10.4 Å². The summed E-state index contributed by atoms with van der Waals surface area (Å²) in [4.78, 5) is 12.8. The highest BCUT2D eigenvalue weighted by Gasteiger charge is 2.65. The number of carbonyl (C=O) groups excluding carboxylic acids is 1. The Morgan fingerprint density at radius 2 is 1.77 bits per heavy atom. The Kier molecular flexibility index (Phi) is 4.59. The van der Waals surface area contributed by atoms with E-state index in [0.717, 1.165) is 17.5 Å². The van der Waals surface area contributed by atoms with E-state index in [1.165, 1.54) is 0 Å². The van der Waals surface area contributed by atoms with Crippen molar-refractivity contribution in [1.29, 1.82) is 0 Å². The number of benzene rings is 1. The number of ketones is 1. The van der Waals surface area contributed by atoms with Crippen molar-refractivity contribution in [3.05, 3.63) is 39.4 Å². The first-order valence-corrected chi connectivity index (χ1v) is 13.1. The zero-order valence-electron chi connectivity index (χ0n) is 17.4. The lowest BCUT2D eigenvalue weighted by Crippen LogP contribution is -2.50. The molecule has 162 valence electrons. The second kappa shape index (κ2) is 6.57. The first kappa shape index (κ1) is 21.0. The van der Waals surface area contributed by atoms with Gasteiger partial charge in [-0.3, -0.25) is 4.79 Å². The van der Waals surface area contributed by atoms with Gasteiger partial charge < -0.3 is 0 Å². The van der Waals surface area contributed by atoms with Gasteiger partial charge in [-0.1, -0.05) is 49.2 Å². The molecule has 1 aromatic rings. The molecule has 2 saturated carbocycles. The van der Waals surface area contributed by atoms with Gasteiger partial charge in [0.05, 0.1) is 5.75 Å². The molecule has 4 aliphatic rings. The molecule has 0 amide bonds. The number of halogens is 2. The molecule has 7 heteroatoms. The Morgan fingerprint density at radius 1 is 1.10 bits per heavy atom. The number of rotatable bonds is 3. The number of piperidine rings is 1. The lowest BCUT2D eigenvalue weighted by molar-refractivity contribution is -0.128. The summed E-state index contributed by atoms with van der Waals surface area (Å²) in [7, 11) is -3.53. The second-order valence-corrected chi connectivity index (χ2v) is 12.9. The van der Waals surface area contributed by atoms with Gasteiger partial charge in [0, 0.05) is 40.4 Å². The fourth-order valence-corrected chi connectivity index (χ4v) is 9.45. The molecule has 3 aliphatic carbocycles. The number of sulfonamides is 1. The maximum Gasteiger partial charge on any atom is 0.215 e. The lowest BCUT2D eigenvalue weighted by Gasteiger charge is -2.41. The van der Waals surface area contributed by atoms with Crippen LogP contribution >= 0.6 is 23.2 Å². The molecule has 1 heterocycles. The van der Waals surface area contributed by atoms with Gasteiger partial charge in [0.2, 0.25) is 10.0 Å². The third kappa shape index (κ3) is 2.68. The van der Waals surface area contributed by atoms with Gasteiger partial charge in [-0.25, -0.2) is 12.7 Å². The Morgan fingerprint density at radius 3 is 2.37 bits per heavy atom. The molecule has 1 spiro atoms. The van der Waals surface area contributed by atoms with Crippen LogP contribution in [0.2, 0.25) is 10.0 Å². The fourth-order valence-electron chi connectivity index (χ4n) is 6.65. The van der Waals surface area contributed by atoms with Crippen molar-refractivity contribution < 1.29 is 13.2 Å². The maximum atomic E-state index is 13.4. The summed E-state index contributed by atoms with van der Waals surface area (Å²) < 4.78 is 28.5. The van der Waals surface area contributed by atoms with Crippen LogP contribution in [0.25, 0.3) is 6.08 Å². The highest BCUT2D eigenvalue weighted by atomic mass is 35.5. The van der Waals surface area contributed by atoms with Crippen LogP contribution in [-0.2, 0) is 20.2 Å². The molecule has 2 atom stereocenters. The first-order valence-electron chi connectivity index (χ1n) is 10.7. The van der Waals surface area contributed by atoms with Crippen LogP contribution in [0.15, 0.2) is 18.2 Å². The summed E-state index contributed by atoms with van der Waals surface area (Å²) in [6.07, 6.45) is 7.69. The zero-order valence-corrected chi connectivity index (χ0v) is 19.7. The van der Waals surface area contributed by atoms with Crippen molar-refractivity contribution in [1.82, 2.24) is 4.31 Å². The highest BCUT2D eigenvalue weighted by molar-refractivity contribution is 7.89. The summed E-state index contributed by atoms with van der Waals surface area (Å²) in [5.74, 6) is 0.417. The lowest BCUT2D eigenvalue weighted by atomic mass is 9.70. The third-order valence-electron chi connectivity index (χ3n) is 8.78. The maximum absolute atomic E-state index is 13.4. The third-order valence-corrected chi connectivity index (χ3v) is 11.4. The van der Waals surface area contributed by atoms with Crippen LogP contribution in [0.5, 0.6) is 0 Å². The van der Waals surface area contributed by atoms with Gasteiger partial charge in [0.15, 0.2) is 0 Å². The summed E-state index contributed by atoms with van der Waals surface area (Å²) >= 11 is 12.9. The Balaban J connectivity index is 1.38. The van der Waals surface area contributed by atoms with E-state index in [2.05, 4.69) is 19.9 Å². The molecule has 1 saturated heterocycles. The molecule has 5 rings (SSSR count). The molecule has 4 nitrogen and oxygen atoms in total. The molecule has 0 radical (unpaired) electrons. The van der Waals surface area contributed by atoms with E-state index in [9.17, 15) is 13.2 Å². The molecule has 1 aliphatic heterocycles. The largest absolute Gasteiger partial charge is 0.299 e. The number of Topliss-reactive ketones (excluding diaryl/α,β-unsaturated/α-hetero) is 1. The average molecular weight is 468 g/mol. The second-order valence-electron chi connectivity index (χ2n) is 10.1. The molecule has 0 aromatic heterocycles. The van der Waals surface area contributed by atoms with Crippen LogP contribution in [0.3, 0.4) is 0 Å². The van der Waals surface area contributed by atoms with E-state index in [4.69, 9.17) is 23.2 Å². The smallest absolute Gasteiger partial charge is 0.215 e. The Bertz CT molecular complexity index is 1070. The van der Waals surface area contributed by atoms with Crippen LogP contribution < -0.4 is 0 Å². The molecule has 3 fully saturated rings.